The van der Waals surface area contributed by atoms with E-state index in [1.165, 1.54) is 0 Å². The van der Waals surface area contributed by atoms with Gasteiger partial charge in [0.1, 0.15) is 0 Å². The molecule has 5 nitrogen and oxygen atoms in total. The number of carboxylic acids is 1. The van der Waals surface area contributed by atoms with Gasteiger partial charge in [0.05, 0.1) is 10.5 Å². The van der Waals surface area contributed by atoms with Gasteiger partial charge in [-0.05, 0) is 26.2 Å². The monoisotopic (exact) mass is 234 g/mol. The number of ketones is 1. The minimum Gasteiger partial charge on any atom is -0.476 e. The van der Waals surface area contributed by atoms with E-state index in [0.29, 0.717) is 6.42 Å². The predicted octanol–water partition coefficient (Wildman–Crippen LogP) is 0.244. The third-order valence-corrected chi connectivity index (χ3v) is 5.90. The molecule has 86 valence electrons. The van der Waals surface area contributed by atoms with Gasteiger partial charge in [0, 0.05) is 6.42 Å². The minimum atomic E-state index is -3.19. The highest BCUT2D eigenvalue weighted by molar-refractivity contribution is 7.93. The number of aliphatic carboxylic acids is 1. The fraction of sp³-hybridized carbons (Fsp3) is 0.778. The maximum Gasteiger partial charge on any atom is 0.372 e. The van der Waals surface area contributed by atoms with Crippen molar-refractivity contribution in [3.8, 4) is 0 Å². The maximum atomic E-state index is 11.6. The Hall–Kier alpha value is -0.910. The molecule has 1 fully saturated rings. The van der Waals surface area contributed by atoms with Crippen molar-refractivity contribution in [3.05, 3.63) is 0 Å². The van der Waals surface area contributed by atoms with Crippen molar-refractivity contribution < 1.29 is 23.1 Å². The molecule has 1 N–H and O–H groups in total. The van der Waals surface area contributed by atoms with Crippen LogP contribution in [-0.2, 0) is 19.4 Å². The van der Waals surface area contributed by atoms with Gasteiger partial charge in [-0.1, -0.05) is 0 Å². The molecule has 0 bridgehead atoms. The summed E-state index contributed by atoms with van der Waals surface area (Å²) in [6.45, 7) is 3.10. The van der Waals surface area contributed by atoms with Crippen molar-refractivity contribution in [2.24, 2.45) is 5.92 Å². The highest BCUT2D eigenvalue weighted by Gasteiger charge is 2.48. The van der Waals surface area contributed by atoms with Crippen molar-refractivity contribution in [2.45, 2.75) is 31.4 Å². The van der Waals surface area contributed by atoms with Crippen molar-refractivity contribution in [2.75, 3.05) is 5.75 Å². The number of hydrogen-bond donors (Lipinski definition) is 1. The lowest BCUT2D eigenvalue weighted by atomic mass is 9.88. The van der Waals surface area contributed by atoms with Crippen LogP contribution in [0.3, 0.4) is 0 Å². The Kier molecular flexibility index (Phi) is 2.91. The Morgan fingerprint density at radius 2 is 1.93 bits per heavy atom. The second kappa shape index (κ2) is 3.59. The molecule has 15 heavy (non-hydrogen) atoms. The fourth-order valence-electron chi connectivity index (χ4n) is 1.82. The van der Waals surface area contributed by atoms with Gasteiger partial charge in [0.15, 0.2) is 9.84 Å². The number of sulfone groups is 1. The molecular weight excluding hydrogens is 220 g/mol. The zero-order valence-corrected chi connectivity index (χ0v) is 9.50. The standard InChI is InChI=1S/C9H14O5S/c1-9(2)6(3-4-15(9,13)14)5-7(10)8(11)12/h6H,3-5H2,1-2H3,(H,11,12). The fourth-order valence-corrected chi connectivity index (χ4v) is 3.65. The zero-order chi connectivity index (χ0) is 11.9. The zero-order valence-electron chi connectivity index (χ0n) is 8.69. The summed E-state index contributed by atoms with van der Waals surface area (Å²) >= 11 is 0. The molecule has 1 aliphatic heterocycles. The van der Waals surface area contributed by atoms with Gasteiger partial charge in [-0.25, -0.2) is 13.2 Å². The Labute approximate surface area is 88.4 Å². The summed E-state index contributed by atoms with van der Waals surface area (Å²) in [7, 11) is -3.19. The summed E-state index contributed by atoms with van der Waals surface area (Å²) in [5.41, 5.74) is 0. The number of rotatable bonds is 3. The summed E-state index contributed by atoms with van der Waals surface area (Å²) in [5.74, 6) is -2.75. The van der Waals surface area contributed by atoms with Crippen LogP contribution in [0.4, 0.5) is 0 Å². The molecule has 0 aliphatic carbocycles. The van der Waals surface area contributed by atoms with Gasteiger partial charge in [0.2, 0.25) is 5.78 Å². The summed E-state index contributed by atoms with van der Waals surface area (Å²) in [6, 6.07) is 0. The molecule has 0 amide bonds. The number of carboxylic acid groups (broad SMARTS) is 1. The molecule has 1 atom stereocenters. The molecule has 0 saturated carbocycles. The quantitative estimate of drug-likeness (QED) is 0.707. The minimum absolute atomic E-state index is 0.0393. The van der Waals surface area contributed by atoms with E-state index in [-0.39, 0.29) is 18.1 Å². The average Bonchev–Trinajstić information content (AvgIpc) is 2.27. The van der Waals surface area contributed by atoms with E-state index >= 15 is 0 Å². The van der Waals surface area contributed by atoms with Gasteiger partial charge in [0.25, 0.3) is 0 Å². The van der Waals surface area contributed by atoms with Crippen molar-refractivity contribution in [1.29, 1.82) is 0 Å². The Balaban J connectivity index is 2.84. The van der Waals surface area contributed by atoms with E-state index in [9.17, 15) is 18.0 Å². The van der Waals surface area contributed by atoms with Crippen LogP contribution >= 0.6 is 0 Å². The molecular formula is C9H14O5S. The summed E-state index contributed by atoms with van der Waals surface area (Å²) < 4.78 is 22.2. The largest absolute Gasteiger partial charge is 0.476 e. The number of hydrogen-bond acceptors (Lipinski definition) is 4. The van der Waals surface area contributed by atoms with Crippen LogP contribution in [-0.4, -0.2) is 35.8 Å². The summed E-state index contributed by atoms with van der Waals surface area (Å²) in [4.78, 5) is 21.4. The van der Waals surface area contributed by atoms with Crippen LogP contribution < -0.4 is 0 Å². The van der Waals surface area contributed by atoms with Gasteiger partial charge in [-0.2, -0.15) is 0 Å². The van der Waals surface area contributed by atoms with Crippen LogP contribution in [0.5, 0.6) is 0 Å². The molecule has 0 aromatic heterocycles. The molecule has 1 aliphatic rings. The second-order valence-electron chi connectivity index (χ2n) is 4.34. The highest BCUT2D eigenvalue weighted by Crippen LogP contribution is 2.39. The van der Waals surface area contributed by atoms with E-state index in [4.69, 9.17) is 5.11 Å². The highest BCUT2D eigenvalue weighted by atomic mass is 32.2. The number of carbonyl (C=O) groups is 2. The molecule has 0 aromatic carbocycles. The van der Waals surface area contributed by atoms with E-state index in [2.05, 4.69) is 0 Å². The van der Waals surface area contributed by atoms with Gasteiger partial charge >= 0.3 is 5.97 Å². The third-order valence-electron chi connectivity index (χ3n) is 3.19. The summed E-state index contributed by atoms with van der Waals surface area (Å²) in [5, 5.41) is 8.44. The summed E-state index contributed by atoms with van der Waals surface area (Å²) in [6.07, 6.45) is 0.177. The van der Waals surface area contributed by atoms with Crippen molar-refractivity contribution in [1.82, 2.24) is 0 Å². The molecule has 0 spiro atoms. The topological polar surface area (TPSA) is 88.5 Å². The van der Waals surface area contributed by atoms with E-state index in [0.717, 1.165) is 0 Å². The van der Waals surface area contributed by atoms with Gasteiger partial charge in [-0.3, -0.25) is 4.79 Å². The van der Waals surface area contributed by atoms with Crippen molar-refractivity contribution >= 4 is 21.6 Å². The first-order valence-electron chi connectivity index (χ1n) is 4.67. The SMILES string of the molecule is CC1(C)C(CC(=O)C(=O)O)CCS1(=O)=O. The van der Waals surface area contributed by atoms with E-state index < -0.39 is 26.3 Å². The van der Waals surface area contributed by atoms with Crippen molar-refractivity contribution in [3.63, 3.8) is 0 Å². The third kappa shape index (κ3) is 2.04. The van der Waals surface area contributed by atoms with Gasteiger partial charge in [-0.15, -0.1) is 0 Å². The van der Waals surface area contributed by atoms with Crippen LogP contribution in [0.25, 0.3) is 0 Å². The lowest BCUT2D eigenvalue weighted by molar-refractivity contribution is -0.149. The second-order valence-corrected chi connectivity index (χ2v) is 7.03. The van der Waals surface area contributed by atoms with Gasteiger partial charge < -0.3 is 5.11 Å². The normalized spacial score (nSPS) is 27.5. The molecule has 6 heteroatoms. The first kappa shape index (κ1) is 12.2. The molecule has 1 unspecified atom stereocenters. The maximum absolute atomic E-state index is 11.6. The molecule has 1 saturated heterocycles. The molecule has 0 radical (unpaired) electrons. The average molecular weight is 234 g/mol. The molecule has 0 aromatic rings. The van der Waals surface area contributed by atoms with Crippen LogP contribution in [0.1, 0.15) is 26.7 Å². The smallest absolute Gasteiger partial charge is 0.372 e. The first-order chi connectivity index (χ1) is 6.68. The van der Waals surface area contributed by atoms with Crippen LogP contribution in [0, 0.1) is 5.92 Å². The Morgan fingerprint density at radius 3 is 2.27 bits per heavy atom. The lowest BCUT2D eigenvalue weighted by Crippen LogP contribution is -2.35. The number of Topliss-reactive ketones (excluding diaryl/α,β-unsaturated/α-hetero) is 1. The number of carbonyl (C=O) groups excluding carboxylic acids is 1. The van der Waals surface area contributed by atoms with Crippen LogP contribution in [0.2, 0.25) is 0 Å². The molecule has 1 rings (SSSR count). The van der Waals surface area contributed by atoms with E-state index in [1.807, 2.05) is 0 Å². The van der Waals surface area contributed by atoms with E-state index in [1.54, 1.807) is 13.8 Å². The molecule has 1 heterocycles. The Morgan fingerprint density at radius 1 is 1.40 bits per heavy atom. The van der Waals surface area contributed by atoms with Crippen LogP contribution in [0.15, 0.2) is 0 Å². The Bertz CT molecular complexity index is 393. The lowest BCUT2D eigenvalue weighted by Gasteiger charge is -2.24. The predicted molar refractivity (Wildman–Crippen MR) is 53.2 cm³/mol. The first-order valence-corrected chi connectivity index (χ1v) is 6.32.